The summed E-state index contributed by atoms with van der Waals surface area (Å²) in [6.07, 6.45) is 2.42. The summed E-state index contributed by atoms with van der Waals surface area (Å²) in [7, 11) is 0. The molecule has 0 radical (unpaired) electrons. The third kappa shape index (κ3) is 1.99. The maximum absolute atomic E-state index is 11.3. The molecule has 16 heavy (non-hydrogen) atoms. The molecule has 1 saturated carbocycles. The molecule has 82 valence electrons. The topological polar surface area (TPSA) is 40.9 Å². The van der Waals surface area contributed by atoms with Gasteiger partial charge < -0.3 is 0 Å². The number of halogens is 1. The van der Waals surface area contributed by atoms with Gasteiger partial charge >= 0.3 is 0 Å². The molecule has 2 rings (SSSR count). The molecule has 1 aliphatic carbocycles. The fourth-order valence-corrected chi connectivity index (χ4v) is 3.15. The van der Waals surface area contributed by atoms with Crippen molar-refractivity contribution in [2.24, 2.45) is 0 Å². The fourth-order valence-electron chi connectivity index (χ4n) is 2.25. The van der Waals surface area contributed by atoms with Crippen molar-refractivity contribution in [3.63, 3.8) is 0 Å². The van der Waals surface area contributed by atoms with Crippen molar-refractivity contribution in [2.75, 3.05) is 0 Å². The zero-order valence-corrected chi connectivity index (χ0v) is 11.0. The van der Waals surface area contributed by atoms with Gasteiger partial charge in [-0.25, -0.2) is 0 Å². The third-order valence-corrected chi connectivity index (χ3v) is 4.21. The van der Waals surface area contributed by atoms with Gasteiger partial charge in [-0.3, -0.25) is 4.79 Å². The van der Waals surface area contributed by atoms with Crippen molar-refractivity contribution in [1.82, 2.24) is 0 Å². The van der Waals surface area contributed by atoms with E-state index in [2.05, 4.69) is 28.7 Å². The number of Topliss-reactive ketones (excluding diaryl/α,β-unsaturated/α-hetero) is 1. The van der Waals surface area contributed by atoms with Gasteiger partial charge in [-0.05, 0) is 47.1 Å². The molecule has 0 spiro atoms. The first-order valence-corrected chi connectivity index (χ1v) is 6.44. The van der Waals surface area contributed by atoms with E-state index < -0.39 is 5.41 Å². The molecule has 0 unspecified atom stereocenters. The molecule has 1 aromatic rings. The van der Waals surface area contributed by atoms with Crippen molar-refractivity contribution in [3.8, 4) is 6.07 Å². The average molecular weight is 325 g/mol. The van der Waals surface area contributed by atoms with E-state index in [4.69, 9.17) is 0 Å². The summed E-state index contributed by atoms with van der Waals surface area (Å²) in [5.41, 5.74) is 0.650. The Morgan fingerprint density at radius 1 is 1.25 bits per heavy atom. The number of ketones is 1. The van der Waals surface area contributed by atoms with E-state index in [1.165, 1.54) is 0 Å². The Kier molecular flexibility index (Phi) is 3.29. The Hall–Kier alpha value is -0.890. The lowest BCUT2D eigenvalue weighted by Gasteiger charge is -2.31. The van der Waals surface area contributed by atoms with E-state index in [-0.39, 0.29) is 5.78 Å². The van der Waals surface area contributed by atoms with Crippen molar-refractivity contribution in [1.29, 1.82) is 5.26 Å². The van der Waals surface area contributed by atoms with Crippen LogP contribution >= 0.6 is 22.6 Å². The Balaban J connectivity index is 2.40. The molecule has 1 aromatic carbocycles. The zero-order chi connectivity index (χ0) is 11.6. The molecule has 2 nitrogen and oxygen atoms in total. The smallest absolute Gasteiger partial charge is 0.133 e. The van der Waals surface area contributed by atoms with Crippen LogP contribution in [0.15, 0.2) is 24.3 Å². The van der Waals surface area contributed by atoms with Crippen molar-refractivity contribution < 1.29 is 4.79 Å². The number of carbonyl (C=O) groups excluding carboxylic acids is 1. The lowest BCUT2D eigenvalue weighted by molar-refractivity contribution is -0.120. The van der Waals surface area contributed by atoms with E-state index in [0.29, 0.717) is 25.7 Å². The van der Waals surface area contributed by atoms with Crippen LogP contribution in [0.2, 0.25) is 0 Å². The highest BCUT2D eigenvalue weighted by atomic mass is 127. The molecule has 0 amide bonds. The van der Waals surface area contributed by atoms with E-state index in [1.807, 2.05) is 24.3 Å². The molecule has 0 aliphatic heterocycles. The first-order chi connectivity index (χ1) is 7.68. The Morgan fingerprint density at radius 3 is 2.44 bits per heavy atom. The van der Waals surface area contributed by atoms with Crippen LogP contribution in [0.5, 0.6) is 0 Å². The molecule has 1 aliphatic rings. The van der Waals surface area contributed by atoms with Crippen LogP contribution < -0.4 is 0 Å². The van der Waals surface area contributed by atoms with Gasteiger partial charge in [0.2, 0.25) is 0 Å². The van der Waals surface area contributed by atoms with Crippen LogP contribution in [0.3, 0.4) is 0 Å². The van der Waals surface area contributed by atoms with E-state index >= 15 is 0 Å². The summed E-state index contributed by atoms with van der Waals surface area (Å²) in [6.45, 7) is 0. The van der Waals surface area contributed by atoms with Gasteiger partial charge in [0.15, 0.2) is 0 Å². The van der Waals surface area contributed by atoms with E-state index in [9.17, 15) is 10.1 Å². The summed E-state index contributed by atoms with van der Waals surface area (Å²) < 4.78 is 1.12. The Bertz CT molecular complexity index is 451. The predicted octanol–water partition coefficient (Wildman–Crippen LogP) is 3.20. The summed E-state index contributed by atoms with van der Waals surface area (Å²) in [6, 6.07) is 10.4. The van der Waals surface area contributed by atoms with Crippen molar-refractivity contribution >= 4 is 28.4 Å². The molecule has 0 saturated heterocycles. The second-order valence-electron chi connectivity index (χ2n) is 4.21. The molecule has 0 heterocycles. The van der Waals surface area contributed by atoms with E-state index in [0.717, 1.165) is 9.13 Å². The number of nitrogens with zero attached hydrogens (tertiary/aromatic N) is 1. The van der Waals surface area contributed by atoms with Gasteiger partial charge in [0.1, 0.15) is 5.78 Å². The minimum Gasteiger partial charge on any atom is -0.300 e. The first kappa shape index (κ1) is 11.6. The highest BCUT2D eigenvalue weighted by Crippen LogP contribution is 2.39. The molecule has 0 N–H and O–H groups in total. The molecule has 1 fully saturated rings. The molecule has 3 heteroatoms. The highest BCUT2D eigenvalue weighted by molar-refractivity contribution is 14.1. The average Bonchev–Trinajstić information content (AvgIpc) is 2.32. The predicted molar refractivity (Wildman–Crippen MR) is 69.9 cm³/mol. The normalized spacial score (nSPS) is 19.1. The SMILES string of the molecule is N#CC1(c2ccccc2I)CCC(=O)CC1. The molecule has 0 aromatic heterocycles. The first-order valence-electron chi connectivity index (χ1n) is 5.36. The van der Waals surface area contributed by atoms with Crippen LogP contribution in [-0.2, 0) is 10.2 Å². The monoisotopic (exact) mass is 325 g/mol. The summed E-state index contributed by atoms with van der Waals surface area (Å²) in [5, 5.41) is 9.44. The summed E-state index contributed by atoms with van der Waals surface area (Å²) in [5.74, 6) is 0.289. The van der Waals surface area contributed by atoms with Gasteiger partial charge in [-0.2, -0.15) is 5.26 Å². The lowest BCUT2D eigenvalue weighted by atomic mass is 9.70. The molecule has 0 atom stereocenters. The van der Waals surface area contributed by atoms with Crippen molar-refractivity contribution in [2.45, 2.75) is 31.1 Å². The zero-order valence-electron chi connectivity index (χ0n) is 8.87. The van der Waals surface area contributed by atoms with Crippen LogP contribution in [0, 0.1) is 14.9 Å². The number of carbonyl (C=O) groups is 1. The van der Waals surface area contributed by atoms with Gasteiger partial charge in [0.05, 0.1) is 11.5 Å². The molecule has 0 bridgehead atoms. The van der Waals surface area contributed by atoms with Gasteiger partial charge in [0, 0.05) is 16.4 Å². The van der Waals surface area contributed by atoms with Gasteiger partial charge in [-0.1, -0.05) is 18.2 Å². The van der Waals surface area contributed by atoms with Gasteiger partial charge in [-0.15, -0.1) is 0 Å². The number of hydrogen-bond donors (Lipinski definition) is 0. The Labute approximate surface area is 109 Å². The largest absolute Gasteiger partial charge is 0.300 e. The van der Waals surface area contributed by atoms with Crippen LogP contribution in [-0.4, -0.2) is 5.78 Å². The number of hydrogen-bond acceptors (Lipinski definition) is 2. The lowest BCUT2D eigenvalue weighted by Crippen LogP contribution is -2.31. The van der Waals surface area contributed by atoms with Crippen LogP contribution in [0.1, 0.15) is 31.2 Å². The summed E-state index contributed by atoms with van der Waals surface area (Å²) in [4.78, 5) is 11.3. The van der Waals surface area contributed by atoms with Crippen molar-refractivity contribution in [3.05, 3.63) is 33.4 Å². The Morgan fingerprint density at radius 2 is 1.88 bits per heavy atom. The number of benzene rings is 1. The quantitative estimate of drug-likeness (QED) is 0.744. The maximum atomic E-state index is 11.3. The molecular weight excluding hydrogens is 313 g/mol. The minimum atomic E-state index is -0.439. The van der Waals surface area contributed by atoms with E-state index in [1.54, 1.807) is 0 Å². The third-order valence-electron chi connectivity index (χ3n) is 3.26. The van der Waals surface area contributed by atoms with Crippen LogP contribution in [0.4, 0.5) is 0 Å². The standard InChI is InChI=1S/C13H12INO/c14-12-4-2-1-3-11(12)13(9-15)7-5-10(16)6-8-13/h1-4H,5-8H2. The van der Waals surface area contributed by atoms with Crippen LogP contribution in [0.25, 0.3) is 0 Å². The van der Waals surface area contributed by atoms with Gasteiger partial charge in [0.25, 0.3) is 0 Å². The highest BCUT2D eigenvalue weighted by Gasteiger charge is 2.37. The fraction of sp³-hybridized carbons (Fsp3) is 0.385. The maximum Gasteiger partial charge on any atom is 0.133 e. The second-order valence-corrected chi connectivity index (χ2v) is 5.37. The summed E-state index contributed by atoms with van der Waals surface area (Å²) >= 11 is 2.27. The number of rotatable bonds is 1. The number of nitriles is 1. The molecular formula is C13H12INO. The minimum absolute atomic E-state index is 0.289. The second kappa shape index (κ2) is 4.54.